The number of nitrogens with zero attached hydrogens (tertiary/aromatic N) is 2. The van der Waals surface area contributed by atoms with Crippen molar-refractivity contribution in [1.82, 2.24) is 9.55 Å². The van der Waals surface area contributed by atoms with Crippen molar-refractivity contribution < 1.29 is 4.79 Å². The van der Waals surface area contributed by atoms with Crippen molar-refractivity contribution in [3.63, 3.8) is 0 Å². The molecule has 0 atom stereocenters. The molecule has 1 aromatic heterocycles. The van der Waals surface area contributed by atoms with E-state index in [4.69, 9.17) is 0 Å². The van der Waals surface area contributed by atoms with Crippen LogP contribution in [0, 0.1) is 33.6 Å². The number of aromatic nitrogens is 2. The summed E-state index contributed by atoms with van der Waals surface area (Å²) in [6.45, 7) is 13.5. The van der Waals surface area contributed by atoms with Gasteiger partial charge in [-0.25, -0.2) is 4.98 Å². The van der Waals surface area contributed by atoms with Crippen LogP contribution < -0.4 is 5.32 Å². The predicted molar refractivity (Wildman–Crippen MR) is 102 cm³/mol. The standard InChI is InChI=1S/C19H27N3OS/c1-12(2)10-22-16(6)15(5)20-19(22)24-11-18(23)21-17-8-7-13(3)14(4)9-17/h7-9,12H,10-11H2,1-6H3,(H,21,23). The molecule has 1 heterocycles. The number of amides is 1. The predicted octanol–water partition coefficient (Wildman–Crippen LogP) is 4.50. The number of imidazole rings is 1. The normalized spacial score (nSPS) is 11.1. The topological polar surface area (TPSA) is 46.9 Å². The second-order valence-electron chi connectivity index (χ2n) is 6.71. The molecule has 0 radical (unpaired) electrons. The van der Waals surface area contributed by atoms with Crippen molar-refractivity contribution in [2.45, 2.75) is 53.2 Å². The average molecular weight is 346 g/mol. The number of anilines is 1. The lowest BCUT2D eigenvalue weighted by Crippen LogP contribution is -2.15. The maximum Gasteiger partial charge on any atom is 0.234 e. The van der Waals surface area contributed by atoms with Gasteiger partial charge in [-0.05, 0) is 56.9 Å². The Hall–Kier alpha value is -1.75. The fourth-order valence-electron chi connectivity index (χ4n) is 2.46. The van der Waals surface area contributed by atoms with Gasteiger partial charge in [-0.2, -0.15) is 0 Å². The van der Waals surface area contributed by atoms with E-state index >= 15 is 0 Å². The van der Waals surface area contributed by atoms with Crippen molar-refractivity contribution in [3.05, 3.63) is 40.7 Å². The SMILES string of the molecule is Cc1ccc(NC(=O)CSc2nc(C)c(C)n2CC(C)C)cc1C. The molecule has 24 heavy (non-hydrogen) atoms. The van der Waals surface area contributed by atoms with Crippen LogP contribution >= 0.6 is 11.8 Å². The highest BCUT2D eigenvalue weighted by Gasteiger charge is 2.14. The van der Waals surface area contributed by atoms with E-state index in [9.17, 15) is 4.79 Å². The van der Waals surface area contributed by atoms with Gasteiger partial charge in [0.05, 0.1) is 11.4 Å². The van der Waals surface area contributed by atoms with Crippen LogP contribution in [0.1, 0.15) is 36.4 Å². The lowest BCUT2D eigenvalue weighted by molar-refractivity contribution is -0.113. The summed E-state index contributed by atoms with van der Waals surface area (Å²) >= 11 is 1.50. The Morgan fingerprint density at radius 1 is 1.21 bits per heavy atom. The Morgan fingerprint density at radius 3 is 2.54 bits per heavy atom. The highest BCUT2D eigenvalue weighted by atomic mass is 32.2. The zero-order chi connectivity index (χ0) is 17.9. The van der Waals surface area contributed by atoms with Gasteiger partial charge in [0.25, 0.3) is 0 Å². The van der Waals surface area contributed by atoms with Crippen molar-refractivity contribution in [3.8, 4) is 0 Å². The fourth-order valence-corrected chi connectivity index (χ4v) is 3.36. The molecule has 1 N–H and O–H groups in total. The zero-order valence-corrected chi connectivity index (χ0v) is 16.3. The second kappa shape index (κ2) is 7.88. The van der Waals surface area contributed by atoms with E-state index in [2.05, 4.69) is 42.6 Å². The zero-order valence-electron chi connectivity index (χ0n) is 15.4. The van der Waals surface area contributed by atoms with E-state index in [1.807, 2.05) is 32.0 Å². The number of rotatable bonds is 6. The molecule has 0 spiro atoms. The van der Waals surface area contributed by atoms with Crippen LogP contribution in [0.25, 0.3) is 0 Å². The fraction of sp³-hybridized carbons (Fsp3) is 0.474. The quantitative estimate of drug-likeness (QED) is 0.784. The van der Waals surface area contributed by atoms with Crippen LogP contribution in [-0.4, -0.2) is 21.2 Å². The van der Waals surface area contributed by atoms with Crippen LogP contribution in [0.5, 0.6) is 0 Å². The monoisotopic (exact) mass is 345 g/mol. The van der Waals surface area contributed by atoms with E-state index in [0.29, 0.717) is 11.7 Å². The Balaban J connectivity index is 2.01. The van der Waals surface area contributed by atoms with Gasteiger partial charge in [0.1, 0.15) is 0 Å². The third-order valence-corrected chi connectivity index (χ3v) is 5.07. The molecular weight excluding hydrogens is 318 g/mol. The summed E-state index contributed by atoms with van der Waals surface area (Å²) in [5.74, 6) is 0.902. The Morgan fingerprint density at radius 2 is 1.92 bits per heavy atom. The maximum absolute atomic E-state index is 12.2. The first-order chi connectivity index (χ1) is 11.3. The molecule has 0 unspecified atom stereocenters. The van der Waals surface area contributed by atoms with E-state index in [1.165, 1.54) is 28.6 Å². The van der Waals surface area contributed by atoms with Crippen LogP contribution in [0.15, 0.2) is 23.4 Å². The van der Waals surface area contributed by atoms with E-state index in [1.54, 1.807) is 0 Å². The summed E-state index contributed by atoms with van der Waals surface area (Å²) in [5, 5.41) is 3.89. The number of aryl methyl sites for hydroxylation is 3. The van der Waals surface area contributed by atoms with E-state index in [0.717, 1.165) is 23.1 Å². The molecule has 0 fully saturated rings. The molecule has 130 valence electrons. The summed E-state index contributed by atoms with van der Waals surface area (Å²) in [6, 6.07) is 5.98. The minimum absolute atomic E-state index is 0.00217. The van der Waals surface area contributed by atoms with Gasteiger partial charge < -0.3 is 9.88 Å². The minimum Gasteiger partial charge on any atom is -0.325 e. The largest absolute Gasteiger partial charge is 0.325 e. The molecule has 4 nitrogen and oxygen atoms in total. The van der Waals surface area contributed by atoms with Crippen LogP contribution in [-0.2, 0) is 11.3 Å². The lowest BCUT2D eigenvalue weighted by Gasteiger charge is -2.12. The summed E-state index contributed by atoms with van der Waals surface area (Å²) in [5.41, 5.74) is 5.47. The Bertz CT molecular complexity index is 734. The average Bonchev–Trinajstić information content (AvgIpc) is 2.76. The van der Waals surface area contributed by atoms with Crippen LogP contribution in [0.3, 0.4) is 0 Å². The first kappa shape index (κ1) is 18.6. The highest BCUT2D eigenvalue weighted by molar-refractivity contribution is 7.99. The third kappa shape index (κ3) is 4.63. The molecule has 0 aliphatic carbocycles. The molecule has 1 amide bonds. The summed E-state index contributed by atoms with van der Waals surface area (Å²) in [4.78, 5) is 16.9. The first-order valence-electron chi connectivity index (χ1n) is 8.31. The number of carbonyl (C=O) groups excluding carboxylic acids is 1. The number of hydrogen-bond donors (Lipinski definition) is 1. The second-order valence-corrected chi connectivity index (χ2v) is 7.65. The van der Waals surface area contributed by atoms with Crippen molar-refractivity contribution in [2.75, 3.05) is 11.1 Å². The number of carbonyl (C=O) groups is 1. The number of benzene rings is 1. The van der Waals surface area contributed by atoms with Gasteiger partial charge in [-0.15, -0.1) is 0 Å². The van der Waals surface area contributed by atoms with Crippen LogP contribution in [0.4, 0.5) is 5.69 Å². The summed E-state index contributed by atoms with van der Waals surface area (Å²) in [6.07, 6.45) is 0. The number of nitrogens with one attached hydrogen (secondary N) is 1. The molecular formula is C19H27N3OS. The molecule has 0 bridgehead atoms. The molecule has 0 saturated carbocycles. The van der Waals surface area contributed by atoms with E-state index < -0.39 is 0 Å². The Kier molecular flexibility index (Phi) is 6.10. The smallest absolute Gasteiger partial charge is 0.234 e. The van der Waals surface area contributed by atoms with E-state index in [-0.39, 0.29) is 5.91 Å². The van der Waals surface area contributed by atoms with Crippen molar-refractivity contribution in [1.29, 1.82) is 0 Å². The summed E-state index contributed by atoms with van der Waals surface area (Å²) < 4.78 is 2.22. The van der Waals surface area contributed by atoms with Gasteiger partial charge in [-0.1, -0.05) is 31.7 Å². The number of thioether (sulfide) groups is 1. The molecule has 2 aromatic rings. The number of hydrogen-bond acceptors (Lipinski definition) is 3. The van der Waals surface area contributed by atoms with Crippen molar-refractivity contribution in [2.24, 2.45) is 5.92 Å². The minimum atomic E-state index is -0.00217. The molecule has 1 aromatic carbocycles. The van der Waals surface area contributed by atoms with Crippen molar-refractivity contribution >= 4 is 23.4 Å². The maximum atomic E-state index is 12.2. The van der Waals surface area contributed by atoms with Gasteiger partial charge in [0.15, 0.2) is 5.16 Å². The van der Waals surface area contributed by atoms with Gasteiger partial charge in [0.2, 0.25) is 5.91 Å². The van der Waals surface area contributed by atoms with Gasteiger partial charge in [0, 0.05) is 17.9 Å². The Labute approximate surface area is 149 Å². The lowest BCUT2D eigenvalue weighted by atomic mass is 10.1. The highest BCUT2D eigenvalue weighted by Crippen LogP contribution is 2.23. The van der Waals surface area contributed by atoms with Gasteiger partial charge in [-0.3, -0.25) is 4.79 Å². The molecule has 0 aliphatic heterocycles. The summed E-state index contributed by atoms with van der Waals surface area (Å²) in [7, 11) is 0. The first-order valence-corrected chi connectivity index (χ1v) is 9.30. The molecule has 0 aliphatic rings. The van der Waals surface area contributed by atoms with Gasteiger partial charge >= 0.3 is 0 Å². The molecule has 2 rings (SSSR count). The molecule has 0 saturated heterocycles. The van der Waals surface area contributed by atoms with Crippen LogP contribution in [0.2, 0.25) is 0 Å². The molecule has 5 heteroatoms. The third-order valence-electron chi connectivity index (χ3n) is 4.09.